The van der Waals surface area contributed by atoms with Crippen molar-refractivity contribution in [1.29, 1.82) is 0 Å². The minimum Gasteiger partial charge on any atom is -0.493 e. The lowest BCUT2D eigenvalue weighted by Gasteiger charge is -2.12. The number of amides is 1. The number of carbonyl (C=O) groups is 1. The van der Waals surface area contributed by atoms with Gasteiger partial charge in [0.15, 0.2) is 17.3 Å². The number of ether oxygens (including phenoxy) is 3. The molecule has 0 aliphatic heterocycles. The monoisotopic (exact) mass is 397 g/mol. The van der Waals surface area contributed by atoms with Crippen LogP contribution in [0.5, 0.6) is 17.2 Å². The molecular weight excluding hydrogens is 374 g/mol. The molecule has 0 aliphatic rings. The molecule has 0 saturated heterocycles. The number of aryl methyl sites for hydroxylation is 1. The van der Waals surface area contributed by atoms with Gasteiger partial charge in [-0.25, -0.2) is 4.68 Å². The fourth-order valence-electron chi connectivity index (χ4n) is 2.78. The molecule has 1 amide bonds. The predicted octanol–water partition coefficient (Wildman–Crippen LogP) is 2.50. The Bertz CT molecular complexity index is 989. The number of anilines is 2. The minimum absolute atomic E-state index is 0.0723. The third-order valence-corrected chi connectivity index (χ3v) is 4.25. The number of benzene rings is 2. The molecule has 0 bridgehead atoms. The molecular formula is C20H23N5O4. The van der Waals surface area contributed by atoms with Gasteiger partial charge >= 0.3 is 0 Å². The molecule has 1 aromatic heterocycles. The Labute approximate surface area is 168 Å². The van der Waals surface area contributed by atoms with E-state index in [-0.39, 0.29) is 18.4 Å². The van der Waals surface area contributed by atoms with Gasteiger partial charge in [-0.15, -0.1) is 5.10 Å². The van der Waals surface area contributed by atoms with E-state index in [1.807, 2.05) is 31.2 Å². The molecule has 0 spiro atoms. The molecule has 152 valence electrons. The molecule has 0 fully saturated rings. The maximum Gasteiger partial charge on any atom is 0.246 e. The number of methoxy groups -OCH3 is 3. The molecule has 0 radical (unpaired) electrons. The summed E-state index contributed by atoms with van der Waals surface area (Å²) in [6, 6.07) is 10.9. The van der Waals surface area contributed by atoms with Gasteiger partial charge in [-0.2, -0.15) is 4.98 Å². The number of carbonyl (C=O) groups excluding carboxylic acids is 1. The summed E-state index contributed by atoms with van der Waals surface area (Å²) in [6.45, 7) is 1.91. The second kappa shape index (κ2) is 8.51. The zero-order valence-electron chi connectivity index (χ0n) is 16.7. The Hall–Kier alpha value is -3.75. The van der Waals surface area contributed by atoms with Crippen molar-refractivity contribution in [2.24, 2.45) is 0 Å². The van der Waals surface area contributed by atoms with Crippen molar-refractivity contribution in [3.8, 4) is 28.6 Å². The lowest BCUT2D eigenvalue weighted by atomic mass is 10.1. The average Bonchev–Trinajstić information content (AvgIpc) is 3.08. The molecule has 0 saturated carbocycles. The van der Waals surface area contributed by atoms with Crippen LogP contribution in [0.25, 0.3) is 11.4 Å². The van der Waals surface area contributed by atoms with Crippen LogP contribution in [0.4, 0.5) is 11.6 Å². The van der Waals surface area contributed by atoms with Crippen LogP contribution < -0.4 is 25.3 Å². The van der Waals surface area contributed by atoms with Gasteiger partial charge in [0, 0.05) is 11.3 Å². The normalized spacial score (nSPS) is 10.5. The van der Waals surface area contributed by atoms with E-state index in [0.717, 1.165) is 5.56 Å². The van der Waals surface area contributed by atoms with Gasteiger partial charge in [0.1, 0.15) is 6.54 Å². The van der Waals surface area contributed by atoms with Gasteiger partial charge in [0.2, 0.25) is 17.6 Å². The first-order chi connectivity index (χ1) is 13.9. The Morgan fingerprint density at radius 2 is 1.69 bits per heavy atom. The molecule has 3 rings (SSSR count). The van der Waals surface area contributed by atoms with E-state index in [4.69, 9.17) is 19.9 Å². The number of nitrogens with zero attached hydrogens (tertiary/aromatic N) is 3. The molecule has 3 aromatic rings. The van der Waals surface area contributed by atoms with Crippen molar-refractivity contribution in [2.45, 2.75) is 13.5 Å². The highest BCUT2D eigenvalue weighted by Gasteiger charge is 2.18. The quantitative estimate of drug-likeness (QED) is 0.630. The molecule has 1 heterocycles. The highest BCUT2D eigenvalue weighted by atomic mass is 16.5. The van der Waals surface area contributed by atoms with Gasteiger partial charge in [-0.05, 0) is 31.2 Å². The van der Waals surface area contributed by atoms with Crippen molar-refractivity contribution < 1.29 is 19.0 Å². The summed E-state index contributed by atoms with van der Waals surface area (Å²) >= 11 is 0. The topological polar surface area (TPSA) is 114 Å². The maximum absolute atomic E-state index is 12.3. The lowest BCUT2D eigenvalue weighted by Crippen LogP contribution is -2.20. The van der Waals surface area contributed by atoms with Crippen molar-refractivity contribution in [2.75, 3.05) is 32.4 Å². The average molecular weight is 397 g/mol. The zero-order chi connectivity index (χ0) is 21.0. The van der Waals surface area contributed by atoms with Gasteiger partial charge in [-0.3, -0.25) is 4.79 Å². The summed E-state index contributed by atoms with van der Waals surface area (Å²) in [4.78, 5) is 16.6. The second-order valence-corrected chi connectivity index (χ2v) is 6.28. The first-order valence-electron chi connectivity index (χ1n) is 8.82. The van der Waals surface area contributed by atoms with E-state index < -0.39 is 0 Å². The number of hydrogen-bond acceptors (Lipinski definition) is 7. The van der Waals surface area contributed by atoms with Crippen LogP contribution in [0, 0.1) is 6.92 Å². The van der Waals surface area contributed by atoms with E-state index in [0.29, 0.717) is 34.3 Å². The molecule has 9 nitrogen and oxygen atoms in total. The largest absolute Gasteiger partial charge is 0.493 e. The SMILES string of the molecule is COc1cc(-c2nc(N)n(CC(=O)Nc3ccc(C)cc3)n2)cc(OC)c1OC. The van der Waals surface area contributed by atoms with Crippen LogP contribution >= 0.6 is 0 Å². The van der Waals surface area contributed by atoms with E-state index in [1.165, 1.54) is 26.0 Å². The van der Waals surface area contributed by atoms with E-state index in [1.54, 1.807) is 12.1 Å². The Kier molecular flexibility index (Phi) is 5.87. The van der Waals surface area contributed by atoms with Gasteiger partial charge < -0.3 is 25.3 Å². The first-order valence-corrected chi connectivity index (χ1v) is 8.82. The van der Waals surface area contributed by atoms with Crippen molar-refractivity contribution in [3.05, 3.63) is 42.0 Å². The van der Waals surface area contributed by atoms with Crippen LogP contribution in [0.2, 0.25) is 0 Å². The number of hydrogen-bond donors (Lipinski definition) is 2. The van der Waals surface area contributed by atoms with E-state index in [2.05, 4.69) is 15.4 Å². The van der Waals surface area contributed by atoms with Gasteiger partial charge in [0.25, 0.3) is 0 Å². The molecule has 0 unspecified atom stereocenters. The first kappa shape index (κ1) is 20.0. The van der Waals surface area contributed by atoms with Gasteiger partial charge in [-0.1, -0.05) is 17.7 Å². The highest BCUT2D eigenvalue weighted by molar-refractivity contribution is 5.90. The predicted molar refractivity (Wildman–Crippen MR) is 109 cm³/mol. The molecule has 0 aliphatic carbocycles. The van der Waals surface area contributed by atoms with Crippen molar-refractivity contribution >= 4 is 17.5 Å². The van der Waals surface area contributed by atoms with Gasteiger partial charge in [0.05, 0.1) is 21.3 Å². The number of rotatable bonds is 7. The van der Waals surface area contributed by atoms with Crippen molar-refractivity contribution in [3.63, 3.8) is 0 Å². The number of nitrogens with two attached hydrogens (primary N) is 1. The van der Waals surface area contributed by atoms with Crippen LogP contribution in [-0.4, -0.2) is 42.0 Å². The van der Waals surface area contributed by atoms with E-state index in [9.17, 15) is 4.79 Å². The molecule has 3 N–H and O–H groups in total. The number of nitrogens with one attached hydrogen (secondary N) is 1. The number of nitrogen functional groups attached to an aromatic ring is 1. The Morgan fingerprint density at radius 1 is 1.07 bits per heavy atom. The summed E-state index contributed by atoms with van der Waals surface area (Å²) < 4.78 is 17.4. The lowest BCUT2D eigenvalue weighted by molar-refractivity contribution is -0.116. The summed E-state index contributed by atoms with van der Waals surface area (Å²) in [7, 11) is 4.57. The van der Waals surface area contributed by atoms with E-state index >= 15 is 0 Å². The second-order valence-electron chi connectivity index (χ2n) is 6.28. The van der Waals surface area contributed by atoms with Crippen molar-refractivity contribution in [1.82, 2.24) is 14.8 Å². The standard InChI is InChI=1S/C20H23N5O4/c1-12-5-7-14(8-6-12)22-17(26)11-25-20(21)23-19(24-25)13-9-15(27-2)18(29-4)16(10-13)28-3/h5-10H,11H2,1-4H3,(H,22,26)(H2,21,23,24). The fourth-order valence-corrected chi connectivity index (χ4v) is 2.78. The Balaban J connectivity index is 1.83. The van der Waals surface area contributed by atoms with Crippen LogP contribution in [0.3, 0.4) is 0 Å². The van der Waals surface area contributed by atoms with Crippen LogP contribution in [-0.2, 0) is 11.3 Å². The summed E-state index contributed by atoms with van der Waals surface area (Å²) in [5.41, 5.74) is 8.38. The number of aromatic nitrogens is 3. The third-order valence-electron chi connectivity index (χ3n) is 4.25. The summed E-state index contributed by atoms with van der Waals surface area (Å²) in [5.74, 6) is 1.59. The van der Waals surface area contributed by atoms with Crippen LogP contribution in [0.15, 0.2) is 36.4 Å². The zero-order valence-corrected chi connectivity index (χ0v) is 16.7. The molecule has 29 heavy (non-hydrogen) atoms. The molecule has 0 atom stereocenters. The third kappa shape index (κ3) is 4.40. The van der Waals surface area contributed by atoms with Crippen LogP contribution in [0.1, 0.15) is 5.56 Å². The summed E-state index contributed by atoms with van der Waals surface area (Å²) in [6.07, 6.45) is 0. The fraction of sp³-hybridized carbons (Fsp3) is 0.250. The Morgan fingerprint density at radius 3 is 2.24 bits per heavy atom. The minimum atomic E-state index is -0.262. The molecule has 2 aromatic carbocycles. The molecule has 9 heteroatoms. The smallest absolute Gasteiger partial charge is 0.246 e. The highest BCUT2D eigenvalue weighted by Crippen LogP contribution is 2.40. The summed E-state index contributed by atoms with van der Waals surface area (Å²) in [5, 5.41) is 7.16. The maximum atomic E-state index is 12.3.